The summed E-state index contributed by atoms with van der Waals surface area (Å²) in [5.74, 6) is 1.00. The van der Waals surface area contributed by atoms with Gasteiger partial charge in [-0.1, -0.05) is 54.4 Å². The Balaban J connectivity index is 1.30. The summed E-state index contributed by atoms with van der Waals surface area (Å²) in [6.45, 7) is 7.37. The summed E-state index contributed by atoms with van der Waals surface area (Å²) in [5, 5.41) is 34.5. The van der Waals surface area contributed by atoms with Gasteiger partial charge in [0, 0.05) is 53.9 Å². The molecule has 2 aliphatic heterocycles. The van der Waals surface area contributed by atoms with Crippen LogP contribution < -0.4 is 18.9 Å². The number of carbonyl (C=O) groups is 1. The van der Waals surface area contributed by atoms with E-state index in [9.17, 15) is 15.5 Å². The van der Waals surface area contributed by atoms with Crippen LogP contribution in [0.4, 0.5) is 0 Å². The summed E-state index contributed by atoms with van der Waals surface area (Å²) in [4.78, 5) is 24.3. The van der Waals surface area contributed by atoms with Gasteiger partial charge in [0.25, 0.3) is 5.91 Å². The molecular weight excluding hydrogens is 855 g/mol. The van der Waals surface area contributed by atoms with Gasteiger partial charge in [0.2, 0.25) is 12.6 Å². The number of benzene rings is 4. The van der Waals surface area contributed by atoms with Crippen LogP contribution >= 0.6 is 11.8 Å². The van der Waals surface area contributed by atoms with Gasteiger partial charge in [0.05, 0.1) is 36.5 Å². The van der Waals surface area contributed by atoms with Crippen molar-refractivity contribution < 1.29 is 43.5 Å². The standard InChI is InChI=1S/C53H59N3O9S/c1-3-26-63-53-49(56(52(59)38-19-16-36(33-54)17-20-38)34-37-18-22-47-48(29-37)62-35-61-47)32-45(55-64-4-2)43-30-39(12-8-10-24-57)42(15-9-11-25-58)50(51(43)53)44-31-40(21-23-46(44)65-53)60-27-28-66-41-13-6-5-7-14-41/h3,5-7,13-14,16-23,29-31,39,42,49-51,57-58H,1,4,8-12,15,24-28,32,34-35H2,2H3/t39-,42+,49-,50+,51+,53+/m0/s1. The van der Waals surface area contributed by atoms with Crippen LogP contribution in [-0.2, 0) is 16.1 Å². The van der Waals surface area contributed by atoms with Crippen molar-refractivity contribution in [2.45, 2.75) is 81.1 Å². The molecule has 2 aliphatic carbocycles. The van der Waals surface area contributed by atoms with Gasteiger partial charge >= 0.3 is 0 Å². The fourth-order valence-corrected chi connectivity index (χ4v) is 10.9. The number of hydrogen-bond donors (Lipinski definition) is 2. The second-order valence-electron chi connectivity index (χ2n) is 17.0. The number of hydrogen-bond acceptors (Lipinski definition) is 12. The molecule has 0 unspecified atom stereocenters. The number of aliphatic hydroxyl groups excluding tert-OH is 2. The van der Waals surface area contributed by atoms with Gasteiger partial charge in [-0.05, 0) is 122 Å². The van der Waals surface area contributed by atoms with E-state index in [0.29, 0.717) is 60.1 Å². The van der Waals surface area contributed by atoms with E-state index < -0.39 is 17.7 Å². The molecule has 1 saturated carbocycles. The van der Waals surface area contributed by atoms with Crippen LogP contribution in [0.25, 0.3) is 0 Å². The number of allylic oxidation sites excluding steroid dienone is 1. The van der Waals surface area contributed by atoms with Crippen molar-refractivity contribution in [2.24, 2.45) is 22.9 Å². The minimum absolute atomic E-state index is 0.0471. The predicted octanol–water partition coefficient (Wildman–Crippen LogP) is 9.45. The molecule has 346 valence electrons. The van der Waals surface area contributed by atoms with Crippen LogP contribution in [0.3, 0.4) is 0 Å². The van der Waals surface area contributed by atoms with Crippen LogP contribution in [-0.4, -0.2) is 84.1 Å². The Bertz CT molecular complexity index is 2400. The number of fused-ring (bicyclic) bond motifs is 3. The topological polar surface area (TPSA) is 152 Å². The van der Waals surface area contributed by atoms with Crippen molar-refractivity contribution in [3.8, 4) is 29.1 Å². The molecule has 66 heavy (non-hydrogen) atoms. The second kappa shape index (κ2) is 22.1. The number of nitriles is 1. The first-order valence-electron chi connectivity index (χ1n) is 23.1. The van der Waals surface area contributed by atoms with Crippen molar-refractivity contribution in [1.29, 1.82) is 5.26 Å². The van der Waals surface area contributed by atoms with E-state index in [2.05, 4.69) is 36.9 Å². The van der Waals surface area contributed by atoms with E-state index in [1.807, 2.05) is 60.4 Å². The lowest BCUT2D eigenvalue weighted by Gasteiger charge is -2.60. The third kappa shape index (κ3) is 10.1. The normalized spacial score (nSPS) is 22.8. The van der Waals surface area contributed by atoms with Gasteiger partial charge < -0.3 is 43.6 Å². The van der Waals surface area contributed by atoms with Crippen molar-refractivity contribution in [3.63, 3.8) is 0 Å². The fraction of sp³-hybridized carbons (Fsp3) is 0.415. The molecular formula is C53H59N3O9S. The molecule has 0 radical (unpaired) electrons. The number of aliphatic hydroxyl groups is 2. The number of ether oxygens (including phenoxy) is 5. The highest BCUT2D eigenvalue weighted by molar-refractivity contribution is 7.99. The Labute approximate surface area is 391 Å². The number of unbranched alkanes of at least 4 members (excludes halogenated alkanes) is 2. The molecule has 0 bridgehead atoms. The third-order valence-corrected chi connectivity index (χ3v) is 14.0. The van der Waals surface area contributed by atoms with E-state index in [4.69, 9.17) is 33.7 Å². The Morgan fingerprint density at radius 2 is 1.74 bits per heavy atom. The van der Waals surface area contributed by atoms with Crippen LogP contribution in [0.2, 0.25) is 0 Å². The SMILES string of the molecule is C=CCO[C@@]12Oc3ccc(OCCSc4ccccc4)cc3[C@H]3[C@H](CCCCO)[C@@H](CCCCO)C=C(C(=NOCC)C[C@@H]1N(Cc1ccc4c(c1)OCO4)C(=O)c1ccc(C#N)cc1)[C@H]32. The Kier molecular flexibility index (Phi) is 15.7. The average molecular weight is 914 g/mol. The number of thioether (sulfide) groups is 1. The molecule has 8 rings (SSSR count). The molecule has 1 amide bonds. The minimum atomic E-state index is -1.47. The molecule has 1 fully saturated rings. The Morgan fingerprint density at radius 1 is 0.970 bits per heavy atom. The van der Waals surface area contributed by atoms with Crippen molar-refractivity contribution in [3.05, 3.63) is 138 Å². The molecule has 4 aromatic rings. The van der Waals surface area contributed by atoms with Crippen LogP contribution in [0, 0.1) is 29.1 Å². The van der Waals surface area contributed by atoms with E-state index >= 15 is 4.79 Å². The number of rotatable bonds is 22. The lowest BCUT2D eigenvalue weighted by atomic mass is 9.55. The first kappa shape index (κ1) is 46.7. The van der Waals surface area contributed by atoms with Crippen LogP contribution in [0.15, 0.2) is 125 Å². The monoisotopic (exact) mass is 913 g/mol. The highest BCUT2D eigenvalue weighted by Crippen LogP contribution is 2.62. The molecule has 13 heteroatoms. The quantitative estimate of drug-likeness (QED) is 0.0336. The van der Waals surface area contributed by atoms with Gasteiger partial charge in [0.1, 0.15) is 24.1 Å². The largest absolute Gasteiger partial charge is 0.493 e. The summed E-state index contributed by atoms with van der Waals surface area (Å²) >= 11 is 1.74. The van der Waals surface area contributed by atoms with E-state index in [-0.39, 0.29) is 63.2 Å². The Hall–Kier alpha value is -5.78. The van der Waals surface area contributed by atoms with E-state index in [1.165, 1.54) is 4.90 Å². The molecule has 0 saturated heterocycles. The van der Waals surface area contributed by atoms with Gasteiger partial charge in [-0.15, -0.1) is 18.3 Å². The fourth-order valence-electron chi connectivity index (χ4n) is 10.1. The molecule has 0 aromatic heterocycles. The summed E-state index contributed by atoms with van der Waals surface area (Å²) in [7, 11) is 0. The molecule has 2 heterocycles. The number of nitrogens with zero attached hydrogens (tertiary/aromatic N) is 3. The molecule has 4 aromatic carbocycles. The van der Waals surface area contributed by atoms with Crippen molar-refractivity contribution in [2.75, 3.05) is 45.6 Å². The van der Waals surface area contributed by atoms with Gasteiger partial charge in [-0.2, -0.15) is 5.26 Å². The van der Waals surface area contributed by atoms with E-state index in [0.717, 1.165) is 53.9 Å². The summed E-state index contributed by atoms with van der Waals surface area (Å²) in [5.41, 5.74) is 4.28. The summed E-state index contributed by atoms with van der Waals surface area (Å²) in [6.07, 6.45) is 8.86. The zero-order chi connectivity index (χ0) is 45.9. The molecule has 2 N–H and O–H groups in total. The summed E-state index contributed by atoms with van der Waals surface area (Å²) in [6, 6.07) is 30.0. The first-order valence-corrected chi connectivity index (χ1v) is 24.1. The minimum Gasteiger partial charge on any atom is -0.493 e. The highest BCUT2D eigenvalue weighted by Gasteiger charge is 2.65. The lowest BCUT2D eigenvalue weighted by Crippen LogP contribution is -2.70. The van der Waals surface area contributed by atoms with Gasteiger partial charge in [0.15, 0.2) is 11.5 Å². The maximum Gasteiger partial charge on any atom is 0.254 e. The predicted molar refractivity (Wildman–Crippen MR) is 253 cm³/mol. The smallest absolute Gasteiger partial charge is 0.254 e. The Morgan fingerprint density at radius 3 is 2.50 bits per heavy atom. The average Bonchev–Trinajstić information content (AvgIpc) is 3.83. The lowest BCUT2D eigenvalue weighted by molar-refractivity contribution is -0.255. The zero-order valence-corrected chi connectivity index (χ0v) is 38.3. The van der Waals surface area contributed by atoms with Gasteiger partial charge in [-0.25, -0.2) is 0 Å². The van der Waals surface area contributed by atoms with Crippen molar-refractivity contribution in [1.82, 2.24) is 4.90 Å². The van der Waals surface area contributed by atoms with Crippen LogP contribution in [0.5, 0.6) is 23.0 Å². The maximum atomic E-state index is 15.4. The van der Waals surface area contributed by atoms with Gasteiger partial charge in [-0.3, -0.25) is 4.79 Å². The number of oxime groups is 1. The second-order valence-corrected chi connectivity index (χ2v) is 18.2. The van der Waals surface area contributed by atoms with Crippen LogP contribution in [0.1, 0.15) is 84.8 Å². The number of carbonyl (C=O) groups excluding carboxylic acids is 1. The molecule has 0 spiro atoms. The maximum absolute atomic E-state index is 15.4. The van der Waals surface area contributed by atoms with E-state index in [1.54, 1.807) is 42.1 Å². The molecule has 12 nitrogen and oxygen atoms in total. The third-order valence-electron chi connectivity index (χ3n) is 13.0. The van der Waals surface area contributed by atoms with Crippen molar-refractivity contribution >= 4 is 23.4 Å². The summed E-state index contributed by atoms with van der Waals surface area (Å²) < 4.78 is 32.6. The molecule has 4 aliphatic rings. The first-order chi connectivity index (χ1) is 32.4. The number of amides is 1. The zero-order valence-electron chi connectivity index (χ0n) is 37.5. The highest BCUT2D eigenvalue weighted by atomic mass is 32.2. The molecule has 6 atom stereocenters.